The molecule has 5 saturated heterocycles. The Kier molecular flexibility index (Phi) is 18.7. The molecule has 9 fully saturated rings. The van der Waals surface area contributed by atoms with Crippen molar-refractivity contribution < 1.29 is 129 Å². The van der Waals surface area contributed by atoms with Gasteiger partial charge in [-0.1, -0.05) is 60.1 Å². The summed E-state index contributed by atoms with van der Waals surface area (Å²) >= 11 is 0. The van der Waals surface area contributed by atoms with E-state index in [9.17, 15) is 76.6 Å². The van der Waals surface area contributed by atoms with Crippen LogP contribution in [0.5, 0.6) is 0 Å². The molecule has 0 aromatic carbocycles. The van der Waals surface area contributed by atoms with E-state index in [1.807, 2.05) is 0 Å². The Morgan fingerprint density at radius 1 is 0.541 bits per heavy atom. The number of carbonyl (C=O) groups is 1. The topological polar surface area (TPSA) is 413 Å². The van der Waals surface area contributed by atoms with Crippen molar-refractivity contribution in [1.82, 2.24) is 0 Å². The van der Waals surface area contributed by atoms with Gasteiger partial charge in [-0.2, -0.15) is 0 Å². The lowest BCUT2D eigenvalue weighted by Gasteiger charge is -2.71. The normalized spacial score (nSPS) is 55.0. The lowest BCUT2D eigenvalue weighted by Crippen LogP contribution is -2.69. The summed E-state index contributed by atoms with van der Waals surface area (Å²) in [5.74, 6) is -1.31. The summed E-state index contributed by atoms with van der Waals surface area (Å²) in [7, 11) is 0. The van der Waals surface area contributed by atoms with Crippen LogP contribution in [-0.4, -0.2) is 262 Å². The molecule has 5 aliphatic carbocycles. The van der Waals surface area contributed by atoms with Crippen molar-refractivity contribution in [2.45, 2.75) is 280 Å². The van der Waals surface area contributed by atoms with Gasteiger partial charge in [0.05, 0.1) is 44.2 Å². The fourth-order valence-corrected chi connectivity index (χ4v) is 17.7. The van der Waals surface area contributed by atoms with Gasteiger partial charge >= 0.3 is 5.97 Å². The maximum absolute atomic E-state index is 15.4. The van der Waals surface area contributed by atoms with Crippen molar-refractivity contribution in [3.8, 4) is 0 Å². The fraction of sp³-hybridized carbons (Fsp3) is 0.949. The number of aliphatic hydroxyl groups is 15. The van der Waals surface area contributed by atoms with E-state index in [1.54, 1.807) is 0 Å². The van der Waals surface area contributed by atoms with Crippen LogP contribution in [-0.2, 0) is 52.2 Å². The van der Waals surface area contributed by atoms with Gasteiger partial charge in [0.1, 0.15) is 103 Å². The van der Waals surface area contributed by atoms with E-state index >= 15 is 4.79 Å². The molecule has 4 saturated carbocycles. The van der Waals surface area contributed by atoms with Crippen LogP contribution in [0, 0.1) is 50.2 Å². The molecule has 5 heterocycles. The van der Waals surface area contributed by atoms with Crippen molar-refractivity contribution in [2.24, 2.45) is 50.2 Å². The zero-order valence-electron chi connectivity index (χ0n) is 50.0. The minimum Gasteiger partial charge on any atom is -0.432 e. The van der Waals surface area contributed by atoms with Gasteiger partial charge in [-0.05, 0) is 116 Å². The molecule has 0 spiro atoms. The fourth-order valence-electron chi connectivity index (χ4n) is 17.7. The molecule has 10 aliphatic rings. The van der Waals surface area contributed by atoms with Gasteiger partial charge in [-0.3, -0.25) is 4.79 Å². The Bertz CT molecular complexity index is 2380. The average molecular weight is 1220 g/mol. The predicted molar refractivity (Wildman–Crippen MR) is 288 cm³/mol. The van der Waals surface area contributed by atoms with E-state index in [2.05, 4.69) is 54.5 Å². The number of fused-ring (bicyclic) bond motifs is 7. The molecule has 85 heavy (non-hydrogen) atoms. The van der Waals surface area contributed by atoms with Crippen LogP contribution in [0.1, 0.15) is 120 Å². The van der Waals surface area contributed by atoms with E-state index < -0.39 is 213 Å². The molecule has 33 atom stereocenters. The number of esters is 1. The van der Waals surface area contributed by atoms with Crippen molar-refractivity contribution >= 4 is 5.97 Å². The second kappa shape index (κ2) is 24.1. The molecule has 10 rings (SSSR count). The third-order valence-corrected chi connectivity index (χ3v) is 23.1. The first-order valence-corrected chi connectivity index (χ1v) is 30.6. The lowest BCUT2D eigenvalue weighted by molar-refractivity contribution is -0.388. The van der Waals surface area contributed by atoms with Crippen LogP contribution in [0.25, 0.3) is 0 Å². The van der Waals surface area contributed by atoms with Gasteiger partial charge in [0.15, 0.2) is 31.3 Å². The number of hydrogen-bond donors (Lipinski definition) is 15. The Morgan fingerprint density at radius 3 is 1.72 bits per heavy atom. The van der Waals surface area contributed by atoms with E-state index in [0.29, 0.717) is 38.5 Å². The van der Waals surface area contributed by atoms with Crippen molar-refractivity contribution in [2.75, 3.05) is 19.8 Å². The maximum atomic E-state index is 15.4. The lowest BCUT2D eigenvalue weighted by atomic mass is 9.33. The third kappa shape index (κ3) is 10.9. The highest BCUT2D eigenvalue weighted by Gasteiger charge is 2.72. The van der Waals surface area contributed by atoms with Crippen LogP contribution in [0.4, 0.5) is 0 Å². The molecule has 33 unspecified atom stereocenters. The zero-order valence-corrected chi connectivity index (χ0v) is 50.0. The van der Waals surface area contributed by atoms with E-state index in [1.165, 1.54) is 13.8 Å². The number of allylic oxidation sites excluding steroid dienone is 2. The van der Waals surface area contributed by atoms with Gasteiger partial charge in [0.2, 0.25) is 6.29 Å². The first-order valence-electron chi connectivity index (χ1n) is 30.6. The molecule has 488 valence electrons. The molecule has 26 nitrogen and oxygen atoms in total. The summed E-state index contributed by atoms with van der Waals surface area (Å²) in [5, 5.41) is 165. The second-order valence-corrected chi connectivity index (χ2v) is 28.7. The van der Waals surface area contributed by atoms with Gasteiger partial charge < -0.3 is 124 Å². The smallest absolute Gasteiger partial charge is 0.317 e. The summed E-state index contributed by atoms with van der Waals surface area (Å²) in [6.45, 7) is 16.2. The van der Waals surface area contributed by atoms with E-state index in [4.69, 9.17) is 47.4 Å². The highest BCUT2D eigenvalue weighted by atomic mass is 16.8. The molecule has 0 bridgehead atoms. The molecule has 0 amide bonds. The van der Waals surface area contributed by atoms with Gasteiger partial charge in [0.25, 0.3) is 0 Å². The number of ether oxygens (including phenoxy) is 10. The highest BCUT2D eigenvalue weighted by Crippen LogP contribution is 2.76. The summed E-state index contributed by atoms with van der Waals surface area (Å²) < 4.78 is 60.7. The minimum atomic E-state index is -1.87. The first-order chi connectivity index (χ1) is 39.7. The Labute approximate surface area is 494 Å². The average Bonchev–Trinajstić information content (AvgIpc) is 0.734. The van der Waals surface area contributed by atoms with Crippen molar-refractivity contribution in [3.05, 3.63) is 11.6 Å². The third-order valence-electron chi connectivity index (χ3n) is 23.1. The number of carbonyl (C=O) groups excluding carboxylic acids is 1. The monoisotopic (exact) mass is 1220 g/mol. The van der Waals surface area contributed by atoms with Crippen LogP contribution < -0.4 is 0 Å². The van der Waals surface area contributed by atoms with Crippen molar-refractivity contribution in [3.63, 3.8) is 0 Å². The Morgan fingerprint density at radius 2 is 1.11 bits per heavy atom. The Balaban J connectivity index is 0.903. The summed E-state index contributed by atoms with van der Waals surface area (Å²) in [6, 6.07) is 0. The van der Waals surface area contributed by atoms with Crippen LogP contribution in [0.3, 0.4) is 0 Å². The van der Waals surface area contributed by atoms with Crippen LogP contribution in [0.2, 0.25) is 0 Å². The summed E-state index contributed by atoms with van der Waals surface area (Å²) in [6.07, 6.45) is -33.2. The minimum absolute atomic E-state index is 0.00918. The number of rotatable bonds is 12. The standard InChI is InChI=1S/C59H96O26/c1-23-34(64)38(68)42(72)49(77-23)83-46-44(74)51(80-29(21-61)45(46)82-48-41(71)36(66)27(62)22-76-48)81-33-13-14-56(7)30(55(33,5)6)12-15-57(8)31(56)11-10-25-26-18-54(3,4)16-17-59(26,32(63)19-58(25,57)9)53(75)85-52-47(40(70)37(67)28(20-60)79-52)84-50-43(73)39(69)35(65)24(2)78-50/h10,23-24,26-52,60-74H,11-22H2,1-9H3. The second-order valence-electron chi connectivity index (χ2n) is 28.7. The molecular formula is C59H96O26. The molecule has 0 radical (unpaired) electrons. The Hall–Kier alpha value is -1.75. The summed E-state index contributed by atoms with van der Waals surface area (Å²) in [4.78, 5) is 15.4. The van der Waals surface area contributed by atoms with Gasteiger partial charge in [-0.25, -0.2) is 0 Å². The SMILES string of the molecule is CC1OC(OC2C(OC(=O)C34CCC(C)(C)CC3C3=CCC5C6(C)CCC(OC7OC(CO)C(OC8OCC(O)C(O)C8O)C(OC8OC(C)C(O)C(O)C8O)C7O)C(C)(C)C6CCC5(C)C3(C)CC4O)OC(CO)C(O)C2O)C(O)C(O)C1O. The zero-order chi connectivity index (χ0) is 62.2. The first kappa shape index (κ1) is 66.2. The number of hydrogen-bond acceptors (Lipinski definition) is 26. The predicted octanol–water partition coefficient (Wildman–Crippen LogP) is -2.55. The van der Waals surface area contributed by atoms with Crippen LogP contribution >= 0.6 is 0 Å². The molecule has 0 aromatic heterocycles. The summed E-state index contributed by atoms with van der Waals surface area (Å²) in [5.41, 5.74) is -2.81. The molecule has 26 heteroatoms. The molecule has 15 N–H and O–H groups in total. The molecule has 0 aromatic rings. The van der Waals surface area contributed by atoms with Gasteiger partial charge in [0, 0.05) is 0 Å². The van der Waals surface area contributed by atoms with Crippen LogP contribution in [0.15, 0.2) is 11.6 Å². The number of aliphatic hydroxyl groups excluding tert-OH is 15. The van der Waals surface area contributed by atoms with Gasteiger partial charge in [-0.15, -0.1) is 0 Å². The van der Waals surface area contributed by atoms with E-state index in [0.717, 1.165) is 12.0 Å². The largest absolute Gasteiger partial charge is 0.432 e. The van der Waals surface area contributed by atoms with Crippen molar-refractivity contribution in [1.29, 1.82) is 0 Å². The highest BCUT2D eigenvalue weighted by molar-refractivity contribution is 5.80. The molecular weight excluding hydrogens is 1120 g/mol. The van der Waals surface area contributed by atoms with E-state index in [-0.39, 0.29) is 35.5 Å². The maximum Gasteiger partial charge on any atom is 0.317 e. The quantitative estimate of drug-likeness (QED) is 0.0544. The molecule has 5 aliphatic heterocycles.